The van der Waals surface area contributed by atoms with Crippen LogP contribution in [0.4, 0.5) is 4.39 Å². The third-order valence-corrected chi connectivity index (χ3v) is 2.80. The lowest BCUT2D eigenvalue weighted by atomic mass is 10.0. The van der Waals surface area contributed by atoms with Gasteiger partial charge in [0.1, 0.15) is 5.82 Å². The molecule has 0 amide bonds. The highest BCUT2D eigenvalue weighted by Gasteiger charge is 2.07. The highest BCUT2D eigenvalue weighted by molar-refractivity contribution is 6.30. The van der Waals surface area contributed by atoms with Crippen molar-refractivity contribution in [1.82, 2.24) is 5.32 Å². The molecule has 4 heteroatoms. The van der Waals surface area contributed by atoms with Crippen LogP contribution in [-0.4, -0.2) is 17.8 Å². The van der Waals surface area contributed by atoms with Gasteiger partial charge >= 0.3 is 0 Å². The summed E-state index contributed by atoms with van der Waals surface area (Å²) in [7, 11) is 0. The van der Waals surface area contributed by atoms with Crippen LogP contribution in [0, 0.1) is 11.7 Å². The van der Waals surface area contributed by atoms with Crippen LogP contribution in [0.2, 0.25) is 5.02 Å². The summed E-state index contributed by atoms with van der Waals surface area (Å²) in [5.41, 5.74) is 0.610. The van der Waals surface area contributed by atoms with E-state index in [0.717, 1.165) is 13.0 Å². The van der Waals surface area contributed by atoms with Crippen molar-refractivity contribution >= 4 is 11.6 Å². The van der Waals surface area contributed by atoms with E-state index in [-0.39, 0.29) is 11.9 Å². The Kier molecular flexibility index (Phi) is 5.89. The first-order valence-corrected chi connectivity index (χ1v) is 6.19. The zero-order chi connectivity index (χ0) is 12.8. The normalized spacial score (nSPS) is 14.6. The van der Waals surface area contributed by atoms with Gasteiger partial charge < -0.3 is 10.4 Å². The van der Waals surface area contributed by atoms with Gasteiger partial charge in [-0.15, -0.1) is 0 Å². The van der Waals surface area contributed by atoms with E-state index in [9.17, 15) is 9.50 Å². The highest BCUT2D eigenvalue weighted by Crippen LogP contribution is 2.14. The second kappa shape index (κ2) is 6.94. The fourth-order valence-electron chi connectivity index (χ4n) is 1.78. The minimum atomic E-state index is -0.293. The van der Waals surface area contributed by atoms with Crippen LogP contribution in [0.1, 0.15) is 25.8 Å². The van der Waals surface area contributed by atoms with Crippen molar-refractivity contribution in [2.45, 2.75) is 32.9 Å². The average molecular weight is 260 g/mol. The minimum absolute atomic E-state index is 0.284. The molecule has 0 radical (unpaired) electrons. The molecule has 0 fully saturated rings. The maximum Gasteiger partial charge on any atom is 0.129 e. The van der Waals surface area contributed by atoms with Gasteiger partial charge in [0.15, 0.2) is 0 Å². The first kappa shape index (κ1) is 14.4. The Labute approximate surface area is 107 Å². The van der Waals surface area contributed by atoms with Crippen molar-refractivity contribution in [3.05, 3.63) is 34.6 Å². The Balaban J connectivity index is 2.35. The number of hydrogen-bond acceptors (Lipinski definition) is 2. The van der Waals surface area contributed by atoms with Crippen molar-refractivity contribution in [3.8, 4) is 0 Å². The predicted octanol–water partition coefficient (Wildman–Crippen LogP) is 2.98. The maximum absolute atomic E-state index is 13.4. The molecule has 0 aliphatic heterocycles. The smallest absolute Gasteiger partial charge is 0.129 e. The molecule has 0 saturated carbocycles. The molecule has 0 aromatic heterocycles. The SMILES string of the molecule is CC(O)CC(C)CNCc1ccc(Cl)cc1F. The van der Waals surface area contributed by atoms with Crippen LogP contribution in [0.25, 0.3) is 0 Å². The Morgan fingerprint density at radius 1 is 1.41 bits per heavy atom. The zero-order valence-electron chi connectivity index (χ0n) is 10.2. The van der Waals surface area contributed by atoms with Crippen molar-refractivity contribution in [1.29, 1.82) is 0 Å². The fraction of sp³-hybridized carbons (Fsp3) is 0.538. The molecule has 17 heavy (non-hydrogen) atoms. The molecule has 0 bridgehead atoms. The van der Waals surface area contributed by atoms with E-state index in [4.69, 9.17) is 11.6 Å². The van der Waals surface area contributed by atoms with E-state index < -0.39 is 0 Å². The summed E-state index contributed by atoms with van der Waals surface area (Å²) in [4.78, 5) is 0. The fourth-order valence-corrected chi connectivity index (χ4v) is 1.94. The predicted molar refractivity (Wildman–Crippen MR) is 68.6 cm³/mol. The largest absolute Gasteiger partial charge is 0.393 e. The van der Waals surface area contributed by atoms with Crippen LogP contribution in [0.3, 0.4) is 0 Å². The quantitative estimate of drug-likeness (QED) is 0.823. The lowest BCUT2D eigenvalue weighted by Gasteiger charge is -2.14. The standard InChI is InChI=1S/C13H19ClFNO/c1-9(5-10(2)17)7-16-8-11-3-4-12(14)6-13(11)15/h3-4,6,9-10,16-17H,5,7-8H2,1-2H3. The Hall–Kier alpha value is -0.640. The Morgan fingerprint density at radius 3 is 2.71 bits per heavy atom. The monoisotopic (exact) mass is 259 g/mol. The number of nitrogens with one attached hydrogen (secondary N) is 1. The van der Waals surface area contributed by atoms with Gasteiger partial charge in [0, 0.05) is 17.1 Å². The molecular formula is C13H19ClFNO. The van der Waals surface area contributed by atoms with Gasteiger partial charge in [0.25, 0.3) is 0 Å². The number of hydrogen-bond donors (Lipinski definition) is 2. The number of benzene rings is 1. The van der Waals surface area contributed by atoms with E-state index in [1.807, 2.05) is 0 Å². The van der Waals surface area contributed by atoms with Gasteiger partial charge in [-0.1, -0.05) is 24.6 Å². The number of aliphatic hydroxyl groups excluding tert-OH is 1. The van der Waals surface area contributed by atoms with E-state index in [2.05, 4.69) is 12.2 Å². The zero-order valence-corrected chi connectivity index (χ0v) is 11.0. The average Bonchev–Trinajstić information content (AvgIpc) is 2.20. The summed E-state index contributed by atoms with van der Waals surface area (Å²) in [6.45, 7) is 5.06. The van der Waals surface area contributed by atoms with Gasteiger partial charge in [-0.2, -0.15) is 0 Å². The van der Waals surface area contributed by atoms with Crippen molar-refractivity contribution in [2.75, 3.05) is 6.54 Å². The van der Waals surface area contributed by atoms with E-state index in [0.29, 0.717) is 23.0 Å². The van der Waals surface area contributed by atoms with Gasteiger partial charge in [0.2, 0.25) is 0 Å². The second-order valence-electron chi connectivity index (χ2n) is 4.56. The summed E-state index contributed by atoms with van der Waals surface area (Å²) in [5, 5.41) is 12.8. The molecule has 1 rings (SSSR count). The highest BCUT2D eigenvalue weighted by atomic mass is 35.5. The summed E-state index contributed by atoms with van der Waals surface area (Å²) in [6, 6.07) is 4.68. The van der Waals surface area contributed by atoms with E-state index >= 15 is 0 Å². The first-order valence-electron chi connectivity index (χ1n) is 5.81. The van der Waals surface area contributed by atoms with Gasteiger partial charge in [0.05, 0.1) is 6.10 Å². The van der Waals surface area contributed by atoms with Gasteiger partial charge in [-0.05, 0) is 37.9 Å². The van der Waals surface area contributed by atoms with Gasteiger partial charge in [-0.25, -0.2) is 4.39 Å². The third-order valence-electron chi connectivity index (χ3n) is 2.57. The van der Waals surface area contributed by atoms with Crippen LogP contribution < -0.4 is 5.32 Å². The van der Waals surface area contributed by atoms with Crippen molar-refractivity contribution in [2.24, 2.45) is 5.92 Å². The molecule has 0 aliphatic carbocycles. The maximum atomic E-state index is 13.4. The molecule has 1 aromatic rings. The molecule has 2 atom stereocenters. The summed E-state index contributed by atoms with van der Waals surface area (Å²) in [5.74, 6) is 0.0820. The van der Waals surface area contributed by atoms with Gasteiger partial charge in [-0.3, -0.25) is 0 Å². The lowest BCUT2D eigenvalue weighted by Crippen LogP contribution is -2.23. The second-order valence-corrected chi connectivity index (χ2v) is 4.99. The van der Waals surface area contributed by atoms with Crippen LogP contribution in [-0.2, 0) is 6.54 Å². The lowest BCUT2D eigenvalue weighted by molar-refractivity contribution is 0.163. The molecule has 1 aromatic carbocycles. The molecular weight excluding hydrogens is 241 g/mol. The summed E-state index contributed by atoms with van der Waals surface area (Å²) >= 11 is 5.67. The molecule has 0 spiro atoms. The van der Waals surface area contributed by atoms with Crippen molar-refractivity contribution in [3.63, 3.8) is 0 Å². The third kappa shape index (κ3) is 5.48. The number of aliphatic hydroxyl groups is 1. The van der Waals surface area contributed by atoms with Crippen LogP contribution in [0.5, 0.6) is 0 Å². The van der Waals surface area contributed by atoms with E-state index in [1.165, 1.54) is 6.07 Å². The molecule has 2 unspecified atom stereocenters. The Morgan fingerprint density at radius 2 is 2.12 bits per heavy atom. The van der Waals surface area contributed by atoms with Crippen LogP contribution in [0.15, 0.2) is 18.2 Å². The number of rotatable bonds is 6. The molecule has 0 aliphatic rings. The van der Waals surface area contributed by atoms with Crippen molar-refractivity contribution < 1.29 is 9.50 Å². The summed E-state index contributed by atoms with van der Waals surface area (Å²) in [6.07, 6.45) is 0.454. The molecule has 2 nitrogen and oxygen atoms in total. The molecule has 0 heterocycles. The number of halogens is 2. The first-order chi connectivity index (χ1) is 7.99. The Bertz CT molecular complexity index is 357. The minimum Gasteiger partial charge on any atom is -0.393 e. The summed E-state index contributed by atoms with van der Waals surface area (Å²) < 4.78 is 13.4. The molecule has 2 N–H and O–H groups in total. The molecule has 0 saturated heterocycles. The topological polar surface area (TPSA) is 32.3 Å². The van der Waals surface area contributed by atoms with E-state index in [1.54, 1.807) is 19.1 Å². The van der Waals surface area contributed by atoms with Crippen LogP contribution >= 0.6 is 11.6 Å². The molecule has 96 valence electrons.